The van der Waals surface area contributed by atoms with Gasteiger partial charge in [-0.2, -0.15) is 10.5 Å². The Morgan fingerprint density at radius 3 is 2.47 bits per heavy atom. The molecule has 0 heterocycles. The molecular formula is C14H12N4O. The van der Waals surface area contributed by atoms with Gasteiger partial charge in [0.15, 0.2) is 5.70 Å². The molecule has 0 spiro atoms. The predicted octanol–water partition coefficient (Wildman–Crippen LogP) is 2.00. The van der Waals surface area contributed by atoms with Gasteiger partial charge in [-0.25, -0.2) is 4.99 Å². The molecule has 0 aliphatic carbocycles. The number of hydrogen-bond acceptors (Lipinski definition) is 5. The number of benzene rings is 1. The van der Waals surface area contributed by atoms with Gasteiger partial charge in [0.1, 0.15) is 23.6 Å². The number of aliphatic imine (C=N–C) groups is 1. The van der Waals surface area contributed by atoms with Crippen molar-refractivity contribution in [3.8, 4) is 17.9 Å². The maximum absolute atomic E-state index is 8.71. The van der Waals surface area contributed by atoms with E-state index in [9.17, 15) is 0 Å². The van der Waals surface area contributed by atoms with Gasteiger partial charge < -0.3 is 10.5 Å². The van der Waals surface area contributed by atoms with E-state index in [-0.39, 0.29) is 11.4 Å². The van der Waals surface area contributed by atoms with Gasteiger partial charge in [0.2, 0.25) is 0 Å². The van der Waals surface area contributed by atoms with E-state index in [1.54, 1.807) is 31.4 Å². The minimum Gasteiger partial charge on any atom is -0.497 e. The molecule has 0 aliphatic rings. The zero-order valence-electron chi connectivity index (χ0n) is 10.4. The molecule has 0 aliphatic heterocycles. The Morgan fingerprint density at radius 1 is 1.26 bits per heavy atom. The van der Waals surface area contributed by atoms with Gasteiger partial charge in [-0.1, -0.05) is 18.2 Å². The van der Waals surface area contributed by atoms with Gasteiger partial charge in [0.25, 0.3) is 0 Å². The fourth-order valence-corrected chi connectivity index (χ4v) is 1.20. The summed E-state index contributed by atoms with van der Waals surface area (Å²) < 4.78 is 5.04. The SMILES string of the molecule is COc1ccc(\C=C/C=N\C(C#N)=C(\N)C#N)cc1. The van der Waals surface area contributed by atoms with Crippen molar-refractivity contribution in [2.45, 2.75) is 0 Å². The molecule has 0 fully saturated rings. The summed E-state index contributed by atoms with van der Waals surface area (Å²) in [6.45, 7) is 0. The van der Waals surface area contributed by atoms with Crippen molar-refractivity contribution >= 4 is 12.3 Å². The number of ether oxygens (including phenoxy) is 1. The monoisotopic (exact) mass is 252 g/mol. The highest BCUT2D eigenvalue weighted by Gasteiger charge is 1.96. The van der Waals surface area contributed by atoms with Crippen molar-refractivity contribution < 1.29 is 4.74 Å². The van der Waals surface area contributed by atoms with Crippen LogP contribution in [0.3, 0.4) is 0 Å². The normalized spacial score (nSPS) is 11.9. The Morgan fingerprint density at radius 2 is 1.95 bits per heavy atom. The Kier molecular flexibility index (Phi) is 5.39. The first-order valence-corrected chi connectivity index (χ1v) is 5.36. The first-order valence-electron chi connectivity index (χ1n) is 5.36. The second-order valence-corrected chi connectivity index (χ2v) is 3.40. The first-order chi connectivity index (χ1) is 9.21. The van der Waals surface area contributed by atoms with Crippen molar-refractivity contribution in [2.75, 3.05) is 7.11 Å². The van der Waals surface area contributed by atoms with E-state index in [0.717, 1.165) is 11.3 Å². The number of nitrogens with two attached hydrogens (primary N) is 1. The second kappa shape index (κ2) is 7.31. The van der Waals surface area contributed by atoms with E-state index in [4.69, 9.17) is 21.0 Å². The number of rotatable bonds is 4. The van der Waals surface area contributed by atoms with Crippen LogP contribution in [0.15, 0.2) is 46.7 Å². The van der Waals surface area contributed by atoms with E-state index in [1.807, 2.05) is 24.3 Å². The highest BCUT2D eigenvalue weighted by Crippen LogP contribution is 2.11. The van der Waals surface area contributed by atoms with Crippen LogP contribution in [-0.2, 0) is 0 Å². The van der Waals surface area contributed by atoms with Crippen molar-refractivity contribution in [3.05, 3.63) is 47.3 Å². The van der Waals surface area contributed by atoms with Crippen molar-refractivity contribution in [1.82, 2.24) is 0 Å². The average Bonchev–Trinajstić information content (AvgIpc) is 2.47. The van der Waals surface area contributed by atoms with Crippen LogP contribution in [0.2, 0.25) is 0 Å². The van der Waals surface area contributed by atoms with Crippen molar-refractivity contribution in [1.29, 1.82) is 10.5 Å². The lowest BCUT2D eigenvalue weighted by molar-refractivity contribution is 0.415. The molecule has 1 rings (SSSR count). The Balaban J connectivity index is 2.73. The van der Waals surface area contributed by atoms with Gasteiger partial charge in [-0.15, -0.1) is 0 Å². The van der Waals surface area contributed by atoms with Crippen LogP contribution in [0, 0.1) is 22.7 Å². The minimum atomic E-state index is -0.198. The lowest BCUT2D eigenvalue weighted by atomic mass is 10.2. The molecule has 0 atom stereocenters. The molecule has 94 valence electrons. The van der Waals surface area contributed by atoms with Gasteiger partial charge in [0.05, 0.1) is 7.11 Å². The highest BCUT2D eigenvalue weighted by molar-refractivity contribution is 5.79. The maximum atomic E-state index is 8.71. The molecule has 0 unspecified atom stereocenters. The molecule has 1 aromatic rings. The summed E-state index contributed by atoms with van der Waals surface area (Å²) >= 11 is 0. The number of hydrogen-bond donors (Lipinski definition) is 1. The summed E-state index contributed by atoms with van der Waals surface area (Å²) in [4.78, 5) is 3.80. The van der Waals surface area contributed by atoms with E-state index >= 15 is 0 Å². The lowest BCUT2D eigenvalue weighted by Gasteiger charge is -1.98. The Labute approximate surface area is 111 Å². The quantitative estimate of drug-likeness (QED) is 0.654. The van der Waals surface area contributed by atoms with E-state index < -0.39 is 0 Å². The molecule has 0 bridgehead atoms. The zero-order valence-corrected chi connectivity index (χ0v) is 10.4. The number of methoxy groups -OCH3 is 1. The highest BCUT2D eigenvalue weighted by atomic mass is 16.5. The number of allylic oxidation sites excluding steroid dienone is 3. The van der Waals surface area contributed by atoms with Gasteiger partial charge in [0, 0.05) is 6.21 Å². The second-order valence-electron chi connectivity index (χ2n) is 3.40. The summed E-state index contributed by atoms with van der Waals surface area (Å²) in [6.07, 6.45) is 4.87. The molecule has 0 saturated heterocycles. The fraction of sp³-hybridized carbons (Fsp3) is 0.0714. The van der Waals surface area contributed by atoms with Gasteiger partial charge in [-0.05, 0) is 23.8 Å². The predicted molar refractivity (Wildman–Crippen MR) is 73.0 cm³/mol. The molecular weight excluding hydrogens is 240 g/mol. The van der Waals surface area contributed by atoms with Crippen LogP contribution in [0.1, 0.15) is 5.56 Å². The topological polar surface area (TPSA) is 95.2 Å². The van der Waals surface area contributed by atoms with E-state index in [2.05, 4.69) is 4.99 Å². The molecule has 19 heavy (non-hydrogen) atoms. The molecule has 1 aromatic carbocycles. The molecule has 0 aromatic heterocycles. The third-order valence-electron chi connectivity index (χ3n) is 2.18. The summed E-state index contributed by atoms with van der Waals surface area (Å²) in [5, 5.41) is 17.2. The standard InChI is InChI=1S/C14H12N4O/c1-19-12-6-4-11(5-7-12)3-2-8-18-14(10-16)13(17)9-15/h2-8H,17H2,1H3/b3-2-,14-13+,18-8-. The van der Waals surface area contributed by atoms with Crippen molar-refractivity contribution in [3.63, 3.8) is 0 Å². The summed E-state index contributed by atoms with van der Waals surface area (Å²) in [7, 11) is 1.60. The third-order valence-corrected chi connectivity index (χ3v) is 2.18. The largest absolute Gasteiger partial charge is 0.497 e. The van der Waals surface area contributed by atoms with Crippen LogP contribution < -0.4 is 10.5 Å². The third kappa shape index (κ3) is 4.37. The molecule has 5 nitrogen and oxygen atoms in total. The van der Waals surface area contributed by atoms with Crippen LogP contribution in [-0.4, -0.2) is 13.3 Å². The van der Waals surface area contributed by atoms with Crippen LogP contribution in [0.5, 0.6) is 5.75 Å². The maximum Gasteiger partial charge on any atom is 0.174 e. The zero-order chi connectivity index (χ0) is 14.1. The Bertz CT molecular complexity index is 598. The Hall–Kier alpha value is -3.05. The van der Waals surface area contributed by atoms with Crippen LogP contribution in [0.25, 0.3) is 6.08 Å². The smallest absolute Gasteiger partial charge is 0.174 e. The van der Waals surface area contributed by atoms with Gasteiger partial charge >= 0.3 is 0 Å². The van der Waals surface area contributed by atoms with Gasteiger partial charge in [-0.3, -0.25) is 0 Å². The summed E-state index contributed by atoms with van der Waals surface area (Å²) in [5.74, 6) is 0.780. The molecule has 0 amide bonds. The first kappa shape index (κ1) is 14.0. The molecule has 0 radical (unpaired) electrons. The van der Waals surface area contributed by atoms with Crippen LogP contribution >= 0.6 is 0 Å². The summed E-state index contributed by atoms with van der Waals surface area (Å²) in [5.41, 5.74) is 5.97. The lowest BCUT2D eigenvalue weighted by Crippen LogP contribution is -1.97. The minimum absolute atomic E-state index is 0.0955. The molecule has 5 heteroatoms. The fourth-order valence-electron chi connectivity index (χ4n) is 1.20. The molecule has 0 saturated carbocycles. The number of nitriles is 2. The van der Waals surface area contributed by atoms with Crippen LogP contribution in [0.4, 0.5) is 0 Å². The van der Waals surface area contributed by atoms with E-state index in [0.29, 0.717) is 0 Å². The van der Waals surface area contributed by atoms with Crippen molar-refractivity contribution in [2.24, 2.45) is 10.7 Å². The number of nitrogens with zero attached hydrogens (tertiary/aromatic N) is 3. The van der Waals surface area contributed by atoms with E-state index in [1.165, 1.54) is 6.21 Å². The summed E-state index contributed by atoms with van der Waals surface area (Å²) in [6, 6.07) is 10.9. The molecule has 2 N–H and O–H groups in total. The average molecular weight is 252 g/mol.